The van der Waals surface area contributed by atoms with Crippen LogP contribution in [0.4, 0.5) is 5.69 Å². The minimum Gasteiger partial charge on any atom is -0.497 e. The monoisotopic (exact) mass is 329 g/mol. The number of aryl methyl sites for hydroxylation is 1. The lowest BCUT2D eigenvalue weighted by atomic mass is 9.98. The number of fused-ring (bicyclic) bond motifs is 1. The zero-order chi connectivity index (χ0) is 16.6. The van der Waals surface area contributed by atoms with Gasteiger partial charge >= 0.3 is 0 Å². The summed E-state index contributed by atoms with van der Waals surface area (Å²) in [6, 6.07) is 12.3. The first kappa shape index (κ1) is 15.6. The number of benzene rings is 2. The second-order valence-corrected chi connectivity index (χ2v) is 7.49. The summed E-state index contributed by atoms with van der Waals surface area (Å²) in [4.78, 5) is 0.303. The number of methoxy groups -OCH3 is 1. The van der Waals surface area contributed by atoms with Crippen LogP contribution < -0.4 is 9.04 Å². The van der Waals surface area contributed by atoms with Crippen LogP contribution in [0.15, 0.2) is 53.9 Å². The van der Waals surface area contributed by atoms with Crippen LogP contribution in [0.1, 0.15) is 17.5 Å². The van der Waals surface area contributed by atoms with Crippen molar-refractivity contribution in [1.29, 1.82) is 0 Å². The van der Waals surface area contributed by atoms with E-state index in [4.69, 9.17) is 4.74 Å². The number of sulfonamides is 1. The summed E-state index contributed by atoms with van der Waals surface area (Å²) in [6.45, 7) is 6.39. The quantitative estimate of drug-likeness (QED) is 0.864. The first-order chi connectivity index (χ1) is 10.9. The van der Waals surface area contributed by atoms with E-state index in [0.717, 1.165) is 16.7 Å². The van der Waals surface area contributed by atoms with Crippen molar-refractivity contribution in [2.75, 3.05) is 18.0 Å². The largest absolute Gasteiger partial charge is 0.497 e. The summed E-state index contributed by atoms with van der Waals surface area (Å²) in [5, 5.41) is 0. The number of hydrogen-bond donors (Lipinski definition) is 0. The Labute approximate surface area is 137 Å². The molecule has 0 aromatic heterocycles. The van der Waals surface area contributed by atoms with Crippen molar-refractivity contribution in [2.24, 2.45) is 0 Å². The van der Waals surface area contributed by atoms with Crippen LogP contribution in [0.25, 0.3) is 5.57 Å². The molecule has 0 radical (unpaired) electrons. The van der Waals surface area contributed by atoms with Gasteiger partial charge in [0.25, 0.3) is 10.0 Å². The van der Waals surface area contributed by atoms with E-state index in [2.05, 4.69) is 6.58 Å². The van der Waals surface area contributed by atoms with Crippen molar-refractivity contribution in [3.63, 3.8) is 0 Å². The third-order valence-electron chi connectivity index (χ3n) is 4.08. The topological polar surface area (TPSA) is 46.6 Å². The molecule has 0 bridgehead atoms. The van der Waals surface area contributed by atoms with Crippen LogP contribution >= 0.6 is 0 Å². The molecular weight excluding hydrogens is 310 g/mol. The number of ether oxygens (including phenoxy) is 1. The molecule has 0 fully saturated rings. The molecule has 1 heterocycles. The molecule has 0 spiro atoms. The Morgan fingerprint density at radius 1 is 1.13 bits per heavy atom. The highest BCUT2D eigenvalue weighted by Crippen LogP contribution is 2.38. The third kappa shape index (κ3) is 2.72. The van der Waals surface area contributed by atoms with Crippen molar-refractivity contribution < 1.29 is 13.2 Å². The van der Waals surface area contributed by atoms with Crippen molar-refractivity contribution in [3.05, 3.63) is 60.2 Å². The van der Waals surface area contributed by atoms with E-state index in [1.165, 1.54) is 4.31 Å². The van der Waals surface area contributed by atoms with E-state index in [1.807, 2.05) is 25.1 Å². The Hall–Kier alpha value is -2.27. The number of anilines is 1. The summed E-state index contributed by atoms with van der Waals surface area (Å²) in [5.41, 5.74) is 3.43. The second kappa shape index (κ2) is 5.74. The van der Waals surface area contributed by atoms with Gasteiger partial charge in [0, 0.05) is 12.1 Å². The summed E-state index contributed by atoms with van der Waals surface area (Å²) in [5.74, 6) is 0.694. The average molecular weight is 329 g/mol. The van der Waals surface area contributed by atoms with Gasteiger partial charge in [0.05, 0.1) is 17.7 Å². The van der Waals surface area contributed by atoms with Crippen LogP contribution in [0.3, 0.4) is 0 Å². The van der Waals surface area contributed by atoms with E-state index in [-0.39, 0.29) is 0 Å². The van der Waals surface area contributed by atoms with Crippen molar-refractivity contribution >= 4 is 21.3 Å². The highest BCUT2D eigenvalue weighted by Gasteiger charge is 2.30. The highest BCUT2D eigenvalue weighted by molar-refractivity contribution is 7.92. The highest BCUT2D eigenvalue weighted by atomic mass is 32.2. The van der Waals surface area contributed by atoms with Gasteiger partial charge in [-0.2, -0.15) is 0 Å². The summed E-state index contributed by atoms with van der Waals surface area (Å²) in [7, 11) is -1.99. The van der Waals surface area contributed by atoms with Gasteiger partial charge in [-0.15, -0.1) is 0 Å². The first-order valence-electron chi connectivity index (χ1n) is 7.39. The fourth-order valence-corrected chi connectivity index (χ4v) is 4.21. The van der Waals surface area contributed by atoms with Gasteiger partial charge in [-0.25, -0.2) is 8.42 Å². The Morgan fingerprint density at radius 3 is 2.48 bits per heavy atom. The number of nitrogens with zero attached hydrogens (tertiary/aromatic N) is 1. The zero-order valence-electron chi connectivity index (χ0n) is 13.2. The standard InChI is InChI=1S/C18H19NO3S/c1-13-4-7-16(8-5-13)23(20,21)19-11-10-14(2)17-12-15(22-3)6-9-18(17)19/h4-9,12H,2,10-11H2,1,3H3. The lowest BCUT2D eigenvalue weighted by Gasteiger charge is -2.31. The normalized spacial score (nSPS) is 14.5. The predicted octanol–water partition coefficient (Wildman–Crippen LogP) is 3.62. The third-order valence-corrected chi connectivity index (χ3v) is 5.91. The molecule has 0 atom stereocenters. The second-order valence-electron chi connectivity index (χ2n) is 5.63. The van der Waals surface area contributed by atoms with Crippen LogP contribution in [0.5, 0.6) is 5.75 Å². The Balaban J connectivity index is 2.10. The number of rotatable bonds is 3. The maximum Gasteiger partial charge on any atom is 0.264 e. The molecule has 0 saturated heterocycles. The Morgan fingerprint density at radius 2 is 1.83 bits per heavy atom. The molecule has 2 aromatic rings. The fraction of sp³-hybridized carbons (Fsp3) is 0.222. The van der Waals surface area contributed by atoms with Crippen molar-refractivity contribution in [3.8, 4) is 5.75 Å². The van der Waals surface area contributed by atoms with E-state index in [0.29, 0.717) is 29.3 Å². The molecule has 4 nitrogen and oxygen atoms in total. The average Bonchev–Trinajstić information content (AvgIpc) is 2.55. The zero-order valence-corrected chi connectivity index (χ0v) is 14.1. The molecule has 2 aromatic carbocycles. The molecule has 0 amide bonds. The van der Waals surface area contributed by atoms with Crippen LogP contribution in [-0.2, 0) is 10.0 Å². The van der Waals surface area contributed by atoms with Crippen LogP contribution in [0, 0.1) is 6.92 Å². The maximum absolute atomic E-state index is 13.0. The molecule has 3 rings (SSSR count). The van der Waals surface area contributed by atoms with Gasteiger partial charge in [0.15, 0.2) is 0 Å². The molecule has 1 aliphatic rings. The molecule has 0 saturated carbocycles. The van der Waals surface area contributed by atoms with Crippen LogP contribution in [0.2, 0.25) is 0 Å². The fourth-order valence-electron chi connectivity index (χ4n) is 2.72. The van der Waals surface area contributed by atoms with E-state index in [1.54, 1.807) is 31.4 Å². The van der Waals surface area contributed by atoms with Crippen molar-refractivity contribution in [2.45, 2.75) is 18.2 Å². The molecule has 0 unspecified atom stereocenters. The molecule has 120 valence electrons. The van der Waals surface area contributed by atoms with Gasteiger partial charge < -0.3 is 4.74 Å². The SMILES string of the molecule is C=C1CCN(S(=O)(=O)c2ccc(C)cc2)c2ccc(OC)cc21. The smallest absolute Gasteiger partial charge is 0.264 e. The lowest BCUT2D eigenvalue weighted by Crippen LogP contribution is -2.35. The van der Waals surface area contributed by atoms with Gasteiger partial charge in [0.2, 0.25) is 0 Å². The van der Waals surface area contributed by atoms with E-state index in [9.17, 15) is 8.42 Å². The van der Waals surface area contributed by atoms with Crippen LogP contribution in [-0.4, -0.2) is 22.1 Å². The summed E-state index contributed by atoms with van der Waals surface area (Å²) < 4.78 is 32.7. The lowest BCUT2D eigenvalue weighted by molar-refractivity contribution is 0.414. The van der Waals surface area contributed by atoms with Gasteiger partial charge in [-0.3, -0.25) is 4.31 Å². The summed E-state index contributed by atoms with van der Waals surface area (Å²) in [6.07, 6.45) is 0.602. The van der Waals surface area contributed by atoms with Gasteiger partial charge in [0.1, 0.15) is 5.75 Å². The molecule has 0 N–H and O–H groups in total. The van der Waals surface area contributed by atoms with Gasteiger partial charge in [-0.05, 0) is 49.2 Å². The maximum atomic E-state index is 13.0. The van der Waals surface area contributed by atoms with Crippen molar-refractivity contribution in [1.82, 2.24) is 0 Å². The Kier molecular flexibility index (Phi) is 3.90. The molecular formula is C18H19NO3S. The molecule has 5 heteroatoms. The summed E-state index contributed by atoms with van der Waals surface area (Å²) >= 11 is 0. The van der Waals surface area contributed by atoms with E-state index >= 15 is 0 Å². The minimum atomic E-state index is -3.58. The first-order valence-corrected chi connectivity index (χ1v) is 8.83. The van der Waals surface area contributed by atoms with E-state index < -0.39 is 10.0 Å². The molecule has 23 heavy (non-hydrogen) atoms. The Bertz CT molecular complexity index is 854. The minimum absolute atomic E-state index is 0.303. The molecule has 1 aliphatic heterocycles. The number of hydrogen-bond acceptors (Lipinski definition) is 3. The molecule has 0 aliphatic carbocycles. The predicted molar refractivity (Wildman–Crippen MR) is 92.4 cm³/mol. The van der Waals surface area contributed by atoms with Gasteiger partial charge in [-0.1, -0.05) is 24.3 Å².